The molecule has 0 saturated carbocycles. The number of carboxylic acid groups (broad SMARTS) is 1. The number of hydrogen-bond acceptors (Lipinski definition) is 8. The SMILES string of the molecule is CCC(C(=O)Nc1ccc(C(=O)OC(C)[C@H](N)C(=O)O)cc1)n1cc(OC)c(-c2cc(Cl)ccc2C#N)cc1=O. The molecule has 0 radical (unpaired) electrons. The highest BCUT2D eigenvalue weighted by atomic mass is 35.5. The maximum absolute atomic E-state index is 13.2. The molecule has 3 atom stereocenters. The maximum Gasteiger partial charge on any atom is 0.338 e. The average molecular weight is 567 g/mol. The molecule has 12 heteroatoms. The van der Waals surface area contributed by atoms with Crippen LogP contribution in [-0.4, -0.2) is 46.8 Å². The third-order valence-electron chi connectivity index (χ3n) is 6.15. The van der Waals surface area contributed by atoms with Crippen molar-refractivity contribution in [2.75, 3.05) is 12.4 Å². The van der Waals surface area contributed by atoms with Crippen LogP contribution in [0.25, 0.3) is 11.1 Å². The van der Waals surface area contributed by atoms with Crippen molar-refractivity contribution < 1.29 is 29.0 Å². The molecule has 11 nitrogen and oxygen atoms in total. The van der Waals surface area contributed by atoms with Gasteiger partial charge in [-0.25, -0.2) is 4.79 Å². The van der Waals surface area contributed by atoms with Crippen LogP contribution in [0, 0.1) is 11.3 Å². The van der Waals surface area contributed by atoms with E-state index in [2.05, 4.69) is 11.4 Å². The van der Waals surface area contributed by atoms with Crippen LogP contribution < -0.4 is 21.3 Å². The second kappa shape index (κ2) is 12.9. The standard InChI is InChI=1S/C28H27ClN4O7/c1-4-22(26(35)32-19-9-6-16(7-10-19)28(38)40-15(2)25(31)27(36)37)33-14-23(39-3)21(12-24(33)34)20-11-18(29)8-5-17(20)13-30/h5-12,14-15,22,25H,4,31H2,1-3H3,(H,32,35)(H,36,37)/t15?,22?,25-/m0/s1. The van der Waals surface area contributed by atoms with E-state index >= 15 is 0 Å². The summed E-state index contributed by atoms with van der Waals surface area (Å²) in [5.74, 6) is -2.29. The summed E-state index contributed by atoms with van der Waals surface area (Å²) in [6.45, 7) is 3.11. The number of rotatable bonds is 10. The minimum atomic E-state index is -1.37. The van der Waals surface area contributed by atoms with E-state index in [-0.39, 0.29) is 17.7 Å². The molecule has 0 spiro atoms. The number of aromatic nitrogens is 1. The number of nitrogens with one attached hydrogen (secondary N) is 1. The van der Waals surface area contributed by atoms with Gasteiger partial charge in [0.25, 0.3) is 5.56 Å². The molecule has 0 saturated heterocycles. The molecule has 40 heavy (non-hydrogen) atoms. The molecule has 1 heterocycles. The van der Waals surface area contributed by atoms with E-state index in [1.165, 1.54) is 55.1 Å². The highest BCUT2D eigenvalue weighted by molar-refractivity contribution is 6.31. The molecule has 2 unspecified atom stereocenters. The van der Waals surface area contributed by atoms with Gasteiger partial charge in [0.2, 0.25) is 5.91 Å². The molecular formula is C28H27ClN4O7. The summed E-state index contributed by atoms with van der Waals surface area (Å²) in [7, 11) is 1.41. The van der Waals surface area contributed by atoms with Gasteiger partial charge >= 0.3 is 11.9 Å². The highest BCUT2D eigenvalue weighted by Gasteiger charge is 2.25. The van der Waals surface area contributed by atoms with Crippen LogP contribution in [0.1, 0.15) is 42.2 Å². The molecular weight excluding hydrogens is 540 g/mol. The van der Waals surface area contributed by atoms with Crippen LogP contribution in [-0.2, 0) is 14.3 Å². The van der Waals surface area contributed by atoms with Gasteiger partial charge in [-0.1, -0.05) is 18.5 Å². The molecule has 208 valence electrons. The summed E-state index contributed by atoms with van der Waals surface area (Å²) in [5.41, 5.74) is 6.54. The van der Waals surface area contributed by atoms with Crippen molar-refractivity contribution in [2.45, 2.75) is 38.5 Å². The molecule has 0 fully saturated rings. The van der Waals surface area contributed by atoms with Gasteiger partial charge in [0, 0.05) is 27.9 Å². The number of esters is 1. The number of carbonyl (C=O) groups is 3. The number of amides is 1. The summed E-state index contributed by atoms with van der Waals surface area (Å²) in [6.07, 6.45) is 0.623. The largest absolute Gasteiger partial charge is 0.495 e. The van der Waals surface area contributed by atoms with Crippen molar-refractivity contribution in [1.82, 2.24) is 4.57 Å². The predicted octanol–water partition coefficient (Wildman–Crippen LogP) is 3.60. The van der Waals surface area contributed by atoms with E-state index in [0.29, 0.717) is 27.4 Å². The molecule has 1 aromatic heterocycles. The van der Waals surface area contributed by atoms with Crippen LogP contribution in [0.5, 0.6) is 5.75 Å². The fourth-order valence-corrected chi connectivity index (χ4v) is 4.09. The van der Waals surface area contributed by atoms with Crippen molar-refractivity contribution >= 4 is 35.1 Å². The fourth-order valence-electron chi connectivity index (χ4n) is 3.92. The highest BCUT2D eigenvalue weighted by Crippen LogP contribution is 2.33. The number of hydrogen-bond donors (Lipinski definition) is 3. The Morgan fingerprint density at radius 2 is 1.82 bits per heavy atom. The third-order valence-corrected chi connectivity index (χ3v) is 6.39. The summed E-state index contributed by atoms with van der Waals surface area (Å²) in [5, 5.41) is 21.5. The zero-order valence-corrected chi connectivity index (χ0v) is 22.6. The van der Waals surface area contributed by atoms with Gasteiger partial charge < -0.3 is 25.6 Å². The van der Waals surface area contributed by atoms with E-state index in [1.807, 2.05) is 0 Å². The van der Waals surface area contributed by atoms with Gasteiger partial charge in [0.05, 0.1) is 30.5 Å². The molecule has 0 aliphatic rings. The zero-order valence-electron chi connectivity index (χ0n) is 21.9. The number of carbonyl (C=O) groups excluding carboxylic acids is 2. The lowest BCUT2D eigenvalue weighted by atomic mass is 10.00. The van der Waals surface area contributed by atoms with Crippen molar-refractivity contribution in [2.24, 2.45) is 5.73 Å². The molecule has 1 amide bonds. The number of ether oxygens (including phenoxy) is 2. The lowest BCUT2D eigenvalue weighted by Gasteiger charge is -2.20. The number of halogens is 1. The van der Waals surface area contributed by atoms with E-state index in [1.54, 1.807) is 25.1 Å². The summed E-state index contributed by atoms with van der Waals surface area (Å²) < 4.78 is 11.8. The van der Waals surface area contributed by atoms with Crippen LogP contribution in [0.4, 0.5) is 5.69 Å². The molecule has 0 aliphatic heterocycles. The number of nitrogens with two attached hydrogens (primary N) is 1. The Morgan fingerprint density at radius 3 is 2.40 bits per heavy atom. The second-order valence-electron chi connectivity index (χ2n) is 8.77. The first-order valence-corrected chi connectivity index (χ1v) is 12.5. The van der Waals surface area contributed by atoms with Crippen molar-refractivity contribution in [1.29, 1.82) is 5.26 Å². The Balaban J connectivity index is 1.83. The van der Waals surface area contributed by atoms with Crippen LogP contribution in [0.3, 0.4) is 0 Å². The molecule has 0 bridgehead atoms. The zero-order chi connectivity index (χ0) is 29.6. The van der Waals surface area contributed by atoms with E-state index in [0.717, 1.165) is 0 Å². The van der Waals surface area contributed by atoms with Crippen LogP contribution in [0.2, 0.25) is 5.02 Å². The molecule has 0 aliphatic carbocycles. The lowest BCUT2D eigenvalue weighted by molar-refractivity contribution is -0.141. The smallest absolute Gasteiger partial charge is 0.338 e. The van der Waals surface area contributed by atoms with Gasteiger partial charge in [-0.3, -0.25) is 19.0 Å². The molecule has 2 aromatic carbocycles. The van der Waals surface area contributed by atoms with Gasteiger partial charge in [0.1, 0.15) is 23.9 Å². The number of benzene rings is 2. The fraction of sp³-hybridized carbons (Fsp3) is 0.250. The van der Waals surface area contributed by atoms with Crippen molar-refractivity contribution in [3.63, 3.8) is 0 Å². The first kappa shape index (κ1) is 29.9. The van der Waals surface area contributed by atoms with Crippen LogP contribution in [0.15, 0.2) is 59.5 Å². The number of methoxy groups -OCH3 is 1. The summed E-state index contributed by atoms with van der Waals surface area (Å²) in [6, 6.07) is 11.5. The first-order chi connectivity index (χ1) is 19.0. The number of aliphatic carboxylic acids is 1. The topological polar surface area (TPSA) is 174 Å². The van der Waals surface area contributed by atoms with Gasteiger partial charge in [-0.05, 0) is 55.8 Å². The number of nitrogens with zero attached hydrogens (tertiary/aromatic N) is 2. The quantitative estimate of drug-likeness (QED) is 0.310. The van der Waals surface area contributed by atoms with E-state index in [4.69, 9.17) is 31.9 Å². The number of nitriles is 1. The second-order valence-corrected chi connectivity index (χ2v) is 9.20. The first-order valence-electron chi connectivity index (χ1n) is 12.1. The predicted molar refractivity (Wildman–Crippen MR) is 147 cm³/mol. The summed E-state index contributed by atoms with van der Waals surface area (Å²) >= 11 is 6.12. The molecule has 3 rings (SSSR count). The Morgan fingerprint density at radius 1 is 1.15 bits per heavy atom. The molecule has 4 N–H and O–H groups in total. The monoisotopic (exact) mass is 566 g/mol. The maximum atomic E-state index is 13.2. The average Bonchev–Trinajstić information content (AvgIpc) is 2.93. The normalized spacial score (nSPS) is 12.9. The Bertz CT molecular complexity index is 1530. The van der Waals surface area contributed by atoms with E-state index in [9.17, 15) is 24.4 Å². The third kappa shape index (κ3) is 6.66. The van der Waals surface area contributed by atoms with Crippen molar-refractivity contribution in [3.8, 4) is 22.9 Å². The Kier molecular flexibility index (Phi) is 9.66. The van der Waals surface area contributed by atoms with Gasteiger partial charge in [-0.15, -0.1) is 0 Å². The number of anilines is 1. The lowest BCUT2D eigenvalue weighted by Crippen LogP contribution is -2.42. The minimum Gasteiger partial charge on any atom is -0.495 e. The summed E-state index contributed by atoms with van der Waals surface area (Å²) in [4.78, 5) is 49.6. The number of pyridine rings is 1. The number of carboxylic acids is 1. The van der Waals surface area contributed by atoms with Crippen LogP contribution >= 0.6 is 11.6 Å². The Hall–Kier alpha value is -4.66. The van der Waals surface area contributed by atoms with Gasteiger partial charge in [0.15, 0.2) is 0 Å². The van der Waals surface area contributed by atoms with Gasteiger partial charge in [-0.2, -0.15) is 5.26 Å². The van der Waals surface area contributed by atoms with Crippen molar-refractivity contribution in [3.05, 3.63) is 81.2 Å². The minimum absolute atomic E-state index is 0.128. The van der Waals surface area contributed by atoms with E-state index < -0.39 is 41.6 Å². The molecule has 3 aromatic rings. The Labute approximate surface area is 234 Å².